The molecule has 1 atom stereocenters. The van der Waals surface area contributed by atoms with Gasteiger partial charge in [0.2, 0.25) is 0 Å². The zero-order chi connectivity index (χ0) is 7.98. The minimum absolute atomic E-state index is 0.0634. The van der Waals surface area contributed by atoms with Crippen molar-refractivity contribution in [2.45, 2.75) is 20.3 Å². The van der Waals surface area contributed by atoms with Gasteiger partial charge in [-0.1, -0.05) is 19.1 Å². The second kappa shape index (κ2) is 5.15. The number of alkyl halides is 1. The van der Waals surface area contributed by atoms with Crippen LogP contribution in [0.3, 0.4) is 0 Å². The van der Waals surface area contributed by atoms with E-state index >= 15 is 0 Å². The van der Waals surface area contributed by atoms with Gasteiger partial charge in [0, 0.05) is 5.92 Å². The molecular formula is C8H13FO. The van der Waals surface area contributed by atoms with Crippen molar-refractivity contribution in [1.29, 1.82) is 0 Å². The summed E-state index contributed by atoms with van der Waals surface area (Å²) < 4.78 is 11.5. The molecular weight excluding hydrogens is 131 g/mol. The second-order valence-electron chi connectivity index (χ2n) is 2.31. The molecule has 0 heterocycles. The Hall–Kier alpha value is -0.660. The molecule has 1 unspecified atom stereocenters. The number of carbonyl (C=O) groups is 1. The third-order valence-electron chi connectivity index (χ3n) is 1.34. The Balaban J connectivity index is 3.55. The van der Waals surface area contributed by atoms with Crippen molar-refractivity contribution in [3.8, 4) is 0 Å². The first kappa shape index (κ1) is 9.34. The highest BCUT2D eigenvalue weighted by Crippen LogP contribution is 1.99. The van der Waals surface area contributed by atoms with Crippen LogP contribution in [0.15, 0.2) is 12.2 Å². The molecule has 0 radical (unpaired) electrons. The maximum absolute atomic E-state index is 11.5. The van der Waals surface area contributed by atoms with Crippen molar-refractivity contribution in [1.82, 2.24) is 0 Å². The highest BCUT2D eigenvalue weighted by molar-refractivity contribution is 5.79. The first-order valence-corrected chi connectivity index (χ1v) is 3.41. The lowest BCUT2D eigenvalue weighted by Gasteiger charge is -1.96. The molecule has 0 aromatic rings. The zero-order valence-corrected chi connectivity index (χ0v) is 6.43. The van der Waals surface area contributed by atoms with E-state index in [1.165, 1.54) is 6.92 Å². The van der Waals surface area contributed by atoms with Crippen LogP contribution in [0, 0.1) is 5.92 Å². The summed E-state index contributed by atoms with van der Waals surface area (Å²) in [4.78, 5) is 10.6. The van der Waals surface area contributed by atoms with E-state index in [1.54, 1.807) is 19.1 Å². The van der Waals surface area contributed by atoms with Gasteiger partial charge in [0.15, 0.2) is 0 Å². The average Bonchev–Trinajstić information content (AvgIpc) is 1.88. The molecule has 10 heavy (non-hydrogen) atoms. The Kier molecular flexibility index (Phi) is 4.81. The van der Waals surface area contributed by atoms with Crippen molar-refractivity contribution in [2.24, 2.45) is 5.92 Å². The van der Waals surface area contributed by atoms with E-state index in [0.29, 0.717) is 6.42 Å². The molecule has 0 rings (SSSR count). The predicted molar refractivity (Wildman–Crippen MR) is 39.6 cm³/mol. The quantitative estimate of drug-likeness (QED) is 0.552. The summed E-state index contributed by atoms with van der Waals surface area (Å²) in [5, 5.41) is 0. The molecule has 0 aliphatic heterocycles. The Labute approximate surface area is 60.9 Å². The Morgan fingerprint density at radius 2 is 2.30 bits per heavy atom. The number of halogens is 1. The highest BCUT2D eigenvalue weighted by Gasteiger charge is 2.00. The van der Waals surface area contributed by atoms with Crippen LogP contribution in [-0.4, -0.2) is 12.5 Å². The molecule has 0 spiro atoms. The number of Topliss-reactive ketones (excluding diaryl/α,β-unsaturated/α-hetero) is 1. The molecule has 0 saturated carbocycles. The fraction of sp³-hybridized carbons (Fsp3) is 0.625. The van der Waals surface area contributed by atoms with E-state index in [9.17, 15) is 9.18 Å². The van der Waals surface area contributed by atoms with Crippen molar-refractivity contribution in [3.63, 3.8) is 0 Å². The van der Waals surface area contributed by atoms with Crippen LogP contribution in [0.25, 0.3) is 0 Å². The lowest BCUT2D eigenvalue weighted by atomic mass is 10.1. The molecule has 2 heteroatoms. The summed E-state index contributed by atoms with van der Waals surface area (Å²) >= 11 is 0. The third-order valence-corrected chi connectivity index (χ3v) is 1.34. The van der Waals surface area contributed by atoms with Crippen LogP contribution in [0.1, 0.15) is 20.3 Å². The largest absolute Gasteiger partial charge is 0.299 e. The highest BCUT2D eigenvalue weighted by atomic mass is 19.1. The summed E-state index contributed by atoms with van der Waals surface area (Å²) in [7, 11) is 0. The molecule has 0 aliphatic rings. The summed E-state index contributed by atoms with van der Waals surface area (Å²) in [5.74, 6) is 0.0571. The molecule has 0 N–H and O–H groups in total. The van der Waals surface area contributed by atoms with E-state index < -0.39 is 0 Å². The first-order chi connectivity index (χ1) is 4.68. The fourth-order valence-electron chi connectivity index (χ4n) is 0.499. The summed E-state index contributed by atoms with van der Waals surface area (Å²) in [6.45, 7) is 2.99. The molecule has 0 saturated heterocycles. The molecule has 0 fully saturated rings. The van der Waals surface area contributed by atoms with E-state index in [0.717, 1.165) is 0 Å². The van der Waals surface area contributed by atoms with E-state index in [-0.39, 0.29) is 18.4 Å². The van der Waals surface area contributed by atoms with Gasteiger partial charge in [-0.15, -0.1) is 0 Å². The topological polar surface area (TPSA) is 17.1 Å². The molecule has 0 aromatic heterocycles. The van der Waals surface area contributed by atoms with E-state index in [1.807, 2.05) is 0 Å². The molecule has 58 valence electrons. The SMILES string of the molecule is CC(=O)C(C)/C=C\CCF. The first-order valence-electron chi connectivity index (χ1n) is 3.41. The summed E-state index contributed by atoms with van der Waals surface area (Å²) in [6, 6.07) is 0. The van der Waals surface area contributed by atoms with Gasteiger partial charge in [-0.3, -0.25) is 9.18 Å². The molecule has 0 amide bonds. The molecule has 0 aromatic carbocycles. The minimum Gasteiger partial charge on any atom is -0.299 e. The summed E-state index contributed by atoms with van der Waals surface area (Å²) in [6.07, 6.45) is 3.85. The number of allylic oxidation sites excluding steroid dienone is 2. The minimum atomic E-state index is -0.346. The fourth-order valence-corrected chi connectivity index (χ4v) is 0.499. The van der Waals surface area contributed by atoms with Crippen molar-refractivity contribution in [2.75, 3.05) is 6.67 Å². The molecule has 0 bridgehead atoms. The van der Waals surface area contributed by atoms with Crippen LogP contribution in [-0.2, 0) is 4.79 Å². The van der Waals surface area contributed by atoms with Gasteiger partial charge >= 0.3 is 0 Å². The maximum atomic E-state index is 11.5. The maximum Gasteiger partial charge on any atom is 0.136 e. The normalized spacial score (nSPS) is 13.9. The van der Waals surface area contributed by atoms with Crippen LogP contribution < -0.4 is 0 Å². The number of hydrogen-bond acceptors (Lipinski definition) is 1. The average molecular weight is 144 g/mol. The van der Waals surface area contributed by atoms with Crippen molar-refractivity contribution >= 4 is 5.78 Å². The van der Waals surface area contributed by atoms with Gasteiger partial charge < -0.3 is 0 Å². The summed E-state index contributed by atoms with van der Waals surface area (Å²) in [5.41, 5.74) is 0. The Bertz CT molecular complexity index is 129. The lowest BCUT2D eigenvalue weighted by molar-refractivity contribution is -0.118. The van der Waals surface area contributed by atoms with Crippen LogP contribution in [0.5, 0.6) is 0 Å². The van der Waals surface area contributed by atoms with Gasteiger partial charge in [-0.25, -0.2) is 0 Å². The smallest absolute Gasteiger partial charge is 0.136 e. The molecule has 0 aliphatic carbocycles. The number of rotatable bonds is 4. The van der Waals surface area contributed by atoms with Gasteiger partial charge in [0.1, 0.15) is 5.78 Å². The van der Waals surface area contributed by atoms with Crippen LogP contribution >= 0.6 is 0 Å². The van der Waals surface area contributed by atoms with Crippen molar-refractivity contribution < 1.29 is 9.18 Å². The van der Waals surface area contributed by atoms with Crippen LogP contribution in [0.4, 0.5) is 4.39 Å². The van der Waals surface area contributed by atoms with Gasteiger partial charge in [-0.05, 0) is 13.3 Å². The van der Waals surface area contributed by atoms with E-state index in [2.05, 4.69) is 0 Å². The number of carbonyl (C=O) groups excluding carboxylic acids is 1. The number of hydrogen-bond donors (Lipinski definition) is 0. The monoisotopic (exact) mass is 144 g/mol. The standard InChI is InChI=1S/C8H13FO/c1-7(8(2)10)5-3-4-6-9/h3,5,7H,4,6H2,1-2H3/b5-3-. The Morgan fingerprint density at radius 3 is 2.70 bits per heavy atom. The van der Waals surface area contributed by atoms with Gasteiger partial charge in [0.25, 0.3) is 0 Å². The number of ketones is 1. The third kappa shape index (κ3) is 4.24. The zero-order valence-electron chi connectivity index (χ0n) is 6.43. The predicted octanol–water partition coefficient (Wildman–Crippen LogP) is 2.13. The molecule has 1 nitrogen and oxygen atoms in total. The Morgan fingerprint density at radius 1 is 1.70 bits per heavy atom. The van der Waals surface area contributed by atoms with Gasteiger partial charge in [-0.2, -0.15) is 0 Å². The van der Waals surface area contributed by atoms with Gasteiger partial charge in [0.05, 0.1) is 6.67 Å². The second-order valence-corrected chi connectivity index (χ2v) is 2.31. The lowest BCUT2D eigenvalue weighted by Crippen LogP contribution is -2.01. The van der Waals surface area contributed by atoms with Crippen LogP contribution in [0.2, 0.25) is 0 Å². The van der Waals surface area contributed by atoms with Crippen molar-refractivity contribution in [3.05, 3.63) is 12.2 Å². The van der Waals surface area contributed by atoms with E-state index in [4.69, 9.17) is 0 Å².